The third-order valence-electron chi connectivity index (χ3n) is 2.34. The molecule has 1 amide bonds. The number of ether oxygens (including phenoxy) is 1. The van der Waals surface area contributed by atoms with Gasteiger partial charge in [-0.25, -0.2) is 0 Å². The molecule has 0 spiro atoms. The molecule has 0 bridgehead atoms. The summed E-state index contributed by atoms with van der Waals surface area (Å²) >= 11 is 4.92. The normalized spacial score (nSPS) is 14.3. The molecule has 0 aliphatic heterocycles. The van der Waals surface area contributed by atoms with Gasteiger partial charge in [0.1, 0.15) is 0 Å². The summed E-state index contributed by atoms with van der Waals surface area (Å²) in [5.41, 5.74) is 4.99. The SMILES string of the molecule is CCOCCC(=O)NC(C)(CC)C(N)=S. The van der Waals surface area contributed by atoms with Crippen LogP contribution in [-0.2, 0) is 9.53 Å². The van der Waals surface area contributed by atoms with Gasteiger partial charge in [-0.15, -0.1) is 0 Å². The fourth-order valence-electron chi connectivity index (χ4n) is 1.00. The third-order valence-corrected chi connectivity index (χ3v) is 2.79. The molecule has 3 N–H and O–H groups in total. The Morgan fingerprint density at radius 2 is 2.13 bits per heavy atom. The van der Waals surface area contributed by atoms with Crippen LogP contribution in [0.3, 0.4) is 0 Å². The first kappa shape index (κ1) is 14.3. The van der Waals surface area contributed by atoms with E-state index in [4.69, 9.17) is 22.7 Å². The zero-order chi connectivity index (χ0) is 11.9. The first-order valence-corrected chi connectivity index (χ1v) is 5.55. The Bertz CT molecular complexity index is 233. The summed E-state index contributed by atoms with van der Waals surface area (Å²) < 4.78 is 5.09. The molecule has 0 aromatic rings. The molecule has 1 unspecified atom stereocenters. The van der Waals surface area contributed by atoms with Gasteiger partial charge in [-0.1, -0.05) is 19.1 Å². The van der Waals surface area contributed by atoms with Crippen molar-refractivity contribution in [2.75, 3.05) is 13.2 Å². The predicted molar refractivity (Wildman–Crippen MR) is 64.7 cm³/mol. The zero-order valence-electron chi connectivity index (χ0n) is 9.63. The molecule has 0 aliphatic carbocycles. The van der Waals surface area contributed by atoms with Crippen molar-refractivity contribution in [2.24, 2.45) is 5.73 Å². The number of carbonyl (C=O) groups is 1. The number of rotatable bonds is 7. The van der Waals surface area contributed by atoms with Crippen molar-refractivity contribution < 1.29 is 9.53 Å². The molecule has 0 heterocycles. The number of amides is 1. The minimum atomic E-state index is -0.585. The summed E-state index contributed by atoms with van der Waals surface area (Å²) in [5, 5.41) is 2.82. The molecule has 4 nitrogen and oxygen atoms in total. The fourth-order valence-corrected chi connectivity index (χ4v) is 1.20. The molecule has 1 atom stereocenters. The number of thiocarbonyl (C=S) groups is 1. The first-order chi connectivity index (χ1) is 6.96. The maximum atomic E-state index is 11.5. The van der Waals surface area contributed by atoms with Crippen LogP contribution in [0.15, 0.2) is 0 Å². The van der Waals surface area contributed by atoms with Crippen molar-refractivity contribution in [3.63, 3.8) is 0 Å². The van der Waals surface area contributed by atoms with E-state index in [1.807, 2.05) is 20.8 Å². The minimum absolute atomic E-state index is 0.0828. The molecule has 15 heavy (non-hydrogen) atoms. The van der Waals surface area contributed by atoms with E-state index in [1.165, 1.54) is 0 Å². The Kier molecular flexibility index (Phi) is 6.43. The van der Waals surface area contributed by atoms with Gasteiger partial charge in [0.15, 0.2) is 0 Å². The van der Waals surface area contributed by atoms with Gasteiger partial charge < -0.3 is 15.8 Å². The van der Waals surface area contributed by atoms with E-state index in [0.717, 1.165) is 0 Å². The number of nitrogens with two attached hydrogens (primary N) is 1. The van der Waals surface area contributed by atoms with Gasteiger partial charge in [0.2, 0.25) is 5.91 Å². The van der Waals surface area contributed by atoms with Crippen LogP contribution < -0.4 is 11.1 Å². The molecule has 0 aromatic heterocycles. The lowest BCUT2D eigenvalue weighted by atomic mass is 9.99. The maximum Gasteiger partial charge on any atom is 0.223 e. The molecule has 88 valence electrons. The van der Waals surface area contributed by atoms with Crippen LogP contribution >= 0.6 is 12.2 Å². The van der Waals surface area contributed by atoms with E-state index in [2.05, 4.69) is 5.32 Å². The molecule has 0 saturated heterocycles. The number of hydrogen-bond donors (Lipinski definition) is 2. The van der Waals surface area contributed by atoms with Gasteiger partial charge in [-0.05, 0) is 20.3 Å². The van der Waals surface area contributed by atoms with Crippen LogP contribution in [0.1, 0.15) is 33.6 Å². The predicted octanol–water partition coefficient (Wildman–Crippen LogP) is 0.984. The summed E-state index contributed by atoms with van der Waals surface area (Å²) in [6.45, 7) is 6.70. The van der Waals surface area contributed by atoms with Crippen LogP contribution in [0.25, 0.3) is 0 Å². The molecular formula is C10H20N2O2S. The molecule has 0 aliphatic rings. The first-order valence-electron chi connectivity index (χ1n) is 5.15. The van der Waals surface area contributed by atoms with Crippen molar-refractivity contribution in [3.05, 3.63) is 0 Å². The van der Waals surface area contributed by atoms with Crippen LogP contribution in [0.5, 0.6) is 0 Å². The lowest BCUT2D eigenvalue weighted by Crippen LogP contribution is -2.54. The van der Waals surface area contributed by atoms with Crippen molar-refractivity contribution >= 4 is 23.1 Å². The molecular weight excluding hydrogens is 212 g/mol. The fraction of sp³-hybridized carbons (Fsp3) is 0.800. The lowest BCUT2D eigenvalue weighted by Gasteiger charge is -2.28. The van der Waals surface area contributed by atoms with Gasteiger partial charge in [0.25, 0.3) is 0 Å². The van der Waals surface area contributed by atoms with Crippen LogP contribution in [-0.4, -0.2) is 29.6 Å². The van der Waals surface area contributed by atoms with Crippen LogP contribution in [0.4, 0.5) is 0 Å². The van der Waals surface area contributed by atoms with E-state index < -0.39 is 5.54 Å². The average molecular weight is 232 g/mol. The molecule has 5 heteroatoms. The Labute approximate surface area is 96.5 Å². The highest BCUT2D eigenvalue weighted by atomic mass is 32.1. The van der Waals surface area contributed by atoms with Gasteiger partial charge in [-0.3, -0.25) is 4.79 Å². The van der Waals surface area contributed by atoms with Gasteiger partial charge in [0, 0.05) is 13.0 Å². The molecule has 0 fully saturated rings. The maximum absolute atomic E-state index is 11.5. The second kappa shape index (κ2) is 6.74. The van der Waals surface area contributed by atoms with E-state index >= 15 is 0 Å². The van der Waals surface area contributed by atoms with Gasteiger partial charge in [0.05, 0.1) is 17.1 Å². The highest BCUT2D eigenvalue weighted by molar-refractivity contribution is 7.80. The zero-order valence-corrected chi connectivity index (χ0v) is 10.4. The van der Waals surface area contributed by atoms with Gasteiger partial charge in [-0.2, -0.15) is 0 Å². The number of hydrogen-bond acceptors (Lipinski definition) is 3. The Morgan fingerprint density at radius 1 is 1.53 bits per heavy atom. The Hall–Kier alpha value is -0.680. The minimum Gasteiger partial charge on any atom is -0.391 e. The number of carbonyl (C=O) groups excluding carboxylic acids is 1. The van der Waals surface area contributed by atoms with Crippen molar-refractivity contribution in [2.45, 2.75) is 39.2 Å². The van der Waals surface area contributed by atoms with E-state index in [0.29, 0.717) is 31.0 Å². The third kappa shape index (κ3) is 5.09. The summed E-state index contributed by atoms with van der Waals surface area (Å²) in [7, 11) is 0. The van der Waals surface area contributed by atoms with E-state index in [1.54, 1.807) is 0 Å². The summed E-state index contributed by atoms with van der Waals surface area (Å²) in [6, 6.07) is 0. The second-order valence-electron chi connectivity index (χ2n) is 3.55. The smallest absolute Gasteiger partial charge is 0.223 e. The highest BCUT2D eigenvalue weighted by Gasteiger charge is 2.27. The second-order valence-corrected chi connectivity index (χ2v) is 3.98. The largest absolute Gasteiger partial charge is 0.391 e. The Morgan fingerprint density at radius 3 is 2.53 bits per heavy atom. The molecule has 0 aromatic carbocycles. The van der Waals surface area contributed by atoms with Crippen LogP contribution in [0.2, 0.25) is 0 Å². The van der Waals surface area contributed by atoms with E-state index in [9.17, 15) is 4.79 Å². The van der Waals surface area contributed by atoms with Crippen molar-refractivity contribution in [1.82, 2.24) is 5.32 Å². The Balaban J connectivity index is 4.08. The molecule has 0 saturated carbocycles. The monoisotopic (exact) mass is 232 g/mol. The molecule has 0 radical (unpaired) electrons. The highest BCUT2D eigenvalue weighted by Crippen LogP contribution is 2.09. The van der Waals surface area contributed by atoms with Crippen LogP contribution in [0, 0.1) is 0 Å². The standard InChI is InChI=1S/C10H20N2O2S/c1-4-10(3,9(11)15)12-8(13)6-7-14-5-2/h4-7H2,1-3H3,(H2,11,15)(H,12,13). The van der Waals surface area contributed by atoms with E-state index in [-0.39, 0.29) is 5.91 Å². The lowest BCUT2D eigenvalue weighted by molar-refractivity contribution is -0.123. The van der Waals surface area contributed by atoms with Gasteiger partial charge >= 0.3 is 0 Å². The van der Waals surface area contributed by atoms with Crippen molar-refractivity contribution in [1.29, 1.82) is 0 Å². The van der Waals surface area contributed by atoms with Crippen molar-refractivity contribution in [3.8, 4) is 0 Å². The topological polar surface area (TPSA) is 64.3 Å². The molecule has 0 rings (SSSR count). The average Bonchev–Trinajstić information content (AvgIpc) is 2.17. The summed E-state index contributed by atoms with van der Waals surface area (Å²) in [5.74, 6) is -0.0828. The number of nitrogens with one attached hydrogen (secondary N) is 1. The summed E-state index contributed by atoms with van der Waals surface area (Å²) in [4.78, 5) is 11.8. The quantitative estimate of drug-likeness (QED) is 0.507. The summed E-state index contributed by atoms with van der Waals surface area (Å²) in [6.07, 6.45) is 1.02.